The molecule has 0 spiro atoms. The van der Waals surface area contributed by atoms with Crippen LogP contribution in [-0.4, -0.2) is 5.91 Å². The van der Waals surface area contributed by atoms with Gasteiger partial charge < -0.3 is 5.32 Å². The van der Waals surface area contributed by atoms with Gasteiger partial charge in [0.15, 0.2) is 0 Å². The van der Waals surface area contributed by atoms with Gasteiger partial charge in [0, 0.05) is 27.8 Å². The smallest absolute Gasteiger partial charge is 0.256 e. The van der Waals surface area contributed by atoms with Crippen LogP contribution in [-0.2, 0) is 4.79 Å². The molecule has 1 amide bonds. The summed E-state index contributed by atoms with van der Waals surface area (Å²) in [6, 6.07) is 7.64. The van der Waals surface area contributed by atoms with Gasteiger partial charge in [-0.1, -0.05) is 29.8 Å². The van der Waals surface area contributed by atoms with Gasteiger partial charge in [0.05, 0.1) is 5.02 Å². The van der Waals surface area contributed by atoms with Gasteiger partial charge in [0.2, 0.25) is 0 Å². The molecule has 4 heteroatoms. The third kappa shape index (κ3) is 1.77. The average molecular weight is 262 g/mol. The van der Waals surface area contributed by atoms with E-state index in [-0.39, 0.29) is 5.91 Å². The largest absolute Gasteiger partial charge is 0.321 e. The maximum absolute atomic E-state index is 11.8. The molecule has 84 valence electrons. The van der Waals surface area contributed by atoms with Crippen LogP contribution in [0.4, 0.5) is 5.69 Å². The number of carbonyl (C=O) groups is 1. The predicted octanol–water partition coefficient (Wildman–Crippen LogP) is 3.89. The minimum atomic E-state index is -0.0755. The second-order valence-corrected chi connectivity index (χ2v) is 4.88. The Kier molecular flexibility index (Phi) is 2.50. The average Bonchev–Trinajstić information content (AvgIpc) is 2.85. The van der Waals surface area contributed by atoms with Gasteiger partial charge in [-0.25, -0.2) is 0 Å². The molecule has 17 heavy (non-hydrogen) atoms. The van der Waals surface area contributed by atoms with Crippen molar-refractivity contribution in [2.75, 3.05) is 5.32 Å². The van der Waals surface area contributed by atoms with Crippen molar-refractivity contribution in [3.05, 3.63) is 51.2 Å². The minimum absolute atomic E-state index is 0.0755. The highest BCUT2D eigenvalue weighted by Crippen LogP contribution is 2.34. The third-order valence-corrected chi connectivity index (χ3v) is 3.87. The maximum Gasteiger partial charge on any atom is 0.256 e. The highest BCUT2D eigenvalue weighted by Gasteiger charge is 2.23. The quantitative estimate of drug-likeness (QED) is 0.775. The zero-order valence-corrected chi connectivity index (χ0v) is 10.3. The highest BCUT2D eigenvalue weighted by atomic mass is 35.5. The van der Waals surface area contributed by atoms with Crippen LogP contribution in [0.25, 0.3) is 11.6 Å². The molecule has 0 bridgehead atoms. The fraction of sp³-hybridized carbons (Fsp3) is 0. The lowest BCUT2D eigenvalue weighted by molar-refractivity contribution is -0.110. The van der Waals surface area contributed by atoms with Gasteiger partial charge in [-0.15, -0.1) is 0 Å². The summed E-state index contributed by atoms with van der Waals surface area (Å²) in [4.78, 5) is 11.8. The summed E-state index contributed by atoms with van der Waals surface area (Å²) >= 11 is 7.55. The molecule has 1 aromatic carbocycles. The van der Waals surface area contributed by atoms with Crippen molar-refractivity contribution in [1.29, 1.82) is 0 Å². The monoisotopic (exact) mass is 261 g/mol. The summed E-state index contributed by atoms with van der Waals surface area (Å²) in [5.74, 6) is -0.0755. The molecule has 0 aliphatic carbocycles. The highest BCUT2D eigenvalue weighted by molar-refractivity contribution is 7.08. The number of rotatable bonds is 1. The molecule has 0 saturated carbocycles. The van der Waals surface area contributed by atoms with Crippen LogP contribution in [0.15, 0.2) is 35.0 Å². The van der Waals surface area contributed by atoms with Gasteiger partial charge >= 0.3 is 0 Å². The molecular formula is C13H8ClNOS. The number of anilines is 1. The van der Waals surface area contributed by atoms with E-state index in [1.807, 2.05) is 41.1 Å². The summed E-state index contributed by atoms with van der Waals surface area (Å²) in [6.07, 6.45) is 1.83. The number of hydrogen-bond donors (Lipinski definition) is 1. The molecule has 1 aliphatic heterocycles. The summed E-state index contributed by atoms with van der Waals surface area (Å²) < 4.78 is 0. The molecule has 0 atom stereocenters. The molecule has 1 aliphatic rings. The van der Waals surface area contributed by atoms with Crippen molar-refractivity contribution in [2.45, 2.75) is 0 Å². The van der Waals surface area contributed by atoms with Gasteiger partial charge in [-0.3, -0.25) is 4.79 Å². The van der Waals surface area contributed by atoms with Crippen LogP contribution in [0.2, 0.25) is 5.02 Å². The first-order valence-electron chi connectivity index (χ1n) is 5.10. The molecule has 2 aromatic rings. The summed E-state index contributed by atoms with van der Waals surface area (Å²) in [5.41, 5.74) is 3.34. The van der Waals surface area contributed by atoms with E-state index in [1.54, 1.807) is 0 Å². The maximum atomic E-state index is 11.8. The van der Waals surface area contributed by atoms with Crippen LogP contribution >= 0.6 is 22.9 Å². The van der Waals surface area contributed by atoms with Crippen LogP contribution < -0.4 is 5.32 Å². The molecular weight excluding hydrogens is 254 g/mol. The van der Waals surface area contributed by atoms with Crippen molar-refractivity contribution < 1.29 is 4.79 Å². The molecule has 0 radical (unpaired) electrons. The topological polar surface area (TPSA) is 29.1 Å². The van der Waals surface area contributed by atoms with E-state index in [9.17, 15) is 4.79 Å². The molecule has 2 heterocycles. The van der Waals surface area contributed by atoms with E-state index in [0.29, 0.717) is 10.6 Å². The van der Waals surface area contributed by atoms with Gasteiger partial charge in [-0.2, -0.15) is 11.3 Å². The Morgan fingerprint density at radius 3 is 2.82 bits per heavy atom. The van der Waals surface area contributed by atoms with E-state index >= 15 is 0 Å². The number of fused-ring (bicyclic) bond motifs is 1. The molecule has 0 saturated heterocycles. The number of para-hydroxylation sites is 1. The second kappa shape index (κ2) is 4.02. The van der Waals surface area contributed by atoms with E-state index in [2.05, 4.69) is 5.32 Å². The Hall–Kier alpha value is -1.58. The first-order chi connectivity index (χ1) is 8.25. The number of carbonyl (C=O) groups excluding carboxylic acids is 1. The molecule has 1 N–H and O–H groups in total. The third-order valence-electron chi connectivity index (χ3n) is 2.65. The summed E-state index contributed by atoms with van der Waals surface area (Å²) in [7, 11) is 0. The molecule has 0 unspecified atom stereocenters. The van der Waals surface area contributed by atoms with E-state index < -0.39 is 0 Å². The lowest BCUT2D eigenvalue weighted by atomic mass is 10.1. The Bertz CT molecular complexity index is 630. The number of thiophene rings is 1. The first kappa shape index (κ1) is 10.6. The normalized spacial score (nSPS) is 16.1. The SMILES string of the molecule is O=C1Nc2ccccc2/C1=C/c1cscc1Cl. The Morgan fingerprint density at radius 2 is 2.06 bits per heavy atom. The van der Waals surface area contributed by atoms with Gasteiger partial charge in [0.25, 0.3) is 5.91 Å². The molecule has 0 fully saturated rings. The summed E-state index contributed by atoms with van der Waals surface area (Å²) in [5, 5.41) is 7.30. The Morgan fingerprint density at radius 1 is 1.24 bits per heavy atom. The van der Waals surface area contributed by atoms with Crippen molar-refractivity contribution in [3.8, 4) is 0 Å². The van der Waals surface area contributed by atoms with Crippen LogP contribution in [0.3, 0.4) is 0 Å². The zero-order valence-electron chi connectivity index (χ0n) is 8.74. The second-order valence-electron chi connectivity index (χ2n) is 3.73. The van der Waals surface area contributed by atoms with E-state index in [4.69, 9.17) is 11.6 Å². The fourth-order valence-electron chi connectivity index (χ4n) is 1.83. The van der Waals surface area contributed by atoms with Crippen LogP contribution in [0.1, 0.15) is 11.1 Å². The van der Waals surface area contributed by atoms with Gasteiger partial charge in [0.1, 0.15) is 0 Å². The van der Waals surface area contributed by atoms with Crippen LogP contribution in [0.5, 0.6) is 0 Å². The van der Waals surface area contributed by atoms with Crippen molar-refractivity contribution >= 4 is 46.2 Å². The van der Waals surface area contributed by atoms with Gasteiger partial charge in [-0.05, 0) is 17.5 Å². The minimum Gasteiger partial charge on any atom is -0.321 e. The summed E-state index contributed by atoms with van der Waals surface area (Å²) in [6.45, 7) is 0. The lowest BCUT2D eigenvalue weighted by Gasteiger charge is -1.96. The standard InChI is InChI=1S/C13H8ClNOS/c14-11-7-17-6-8(11)5-10-9-3-1-2-4-12(9)15-13(10)16/h1-7H,(H,15,16)/b10-5-. The van der Waals surface area contributed by atoms with Crippen molar-refractivity contribution in [1.82, 2.24) is 0 Å². The van der Waals surface area contributed by atoms with E-state index in [1.165, 1.54) is 11.3 Å². The van der Waals surface area contributed by atoms with Crippen LogP contribution in [0, 0.1) is 0 Å². The number of hydrogen-bond acceptors (Lipinski definition) is 2. The fourth-order valence-corrected chi connectivity index (χ4v) is 2.83. The molecule has 3 rings (SSSR count). The molecule has 1 aromatic heterocycles. The predicted molar refractivity (Wildman–Crippen MR) is 72.3 cm³/mol. The lowest BCUT2D eigenvalue weighted by Crippen LogP contribution is -2.03. The van der Waals surface area contributed by atoms with E-state index in [0.717, 1.165) is 16.8 Å². The Labute approximate surface area is 108 Å². The number of halogens is 1. The number of amides is 1. The molecule has 2 nitrogen and oxygen atoms in total. The Balaban J connectivity index is 2.13. The van der Waals surface area contributed by atoms with Crippen molar-refractivity contribution in [3.63, 3.8) is 0 Å². The first-order valence-corrected chi connectivity index (χ1v) is 6.42. The number of benzene rings is 1. The number of nitrogens with one attached hydrogen (secondary N) is 1. The zero-order chi connectivity index (χ0) is 11.8. The van der Waals surface area contributed by atoms with Crippen molar-refractivity contribution in [2.24, 2.45) is 0 Å².